The zero-order valence-electron chi connectivity index (χ0n) is 8.87. The normalized spacial score (nSPS) is 13.9. The van der Waals surface area contributed by atoms with E-state index in [1.165, 1.54) is 0 Å². The minimum absolute atomic E-state index is 0.412. The zero-order valence-corrected chi connectivity index (χ0v) is 10.4. The molecule has 1 atom stereocenters. The van der Waals surface area contributed by atoms with Crippen LogP contribution in [0.3, 0.4) is 0 Å². The summed E-state index contributed by atoms with van der Waals surface area (Å²) >= 11 is 5.91. The molecule has 2 N–H and O–H groups in total. The van der Waals surface area contributed by atoms with Crippen LogP contribution in [-0.4, -0.2) is 20.5 Å². The van der Waals surface area contributed by atoms with E-state index in [0.29, 0.717) is 16.5 Å². The van der Waals surface area contributed by atoms with Gasteiger partial charge in [0.05, 0.1) is 10.8 Å². The summed E-state index contributed by atoms with van der Waals surface area (Å²) in [5.74, 6) is 0.896. The molecule has 0 saturated heterocycles. The van der Waals surface area contributed by atoms with Gasteiger partial charge in [0.15, 0.2) is 0 Å². The molecule has 1 aromatic heterocycles. The molecule has 0 aliphatic rings. The second kappa shape index (κ2) is 5.05. The minimum Gasteiger partial charge on any atom is -0.325 e. The Morgan fingerprint density at radius 1 is 1.60 bits per heavy atom. The monoisotopic (exact) mass is 246 g/mol. The van der Waals surface area contributed by atoms with Crippen LogP contribution in [0.1, 0.15) is 19.4 Å². The smallest absolute Gasteiger partial charge is 0.0630 e. The summed E-state index contributed by atoms with van der Waals surface area (Å²) < 4.78 is 11.7. The van der Waals surface area contributed by atoms with Crippen molar-refractivity contribution in [3.8, 4) is 0 Å². The Labute approximate surface area is 97.5 Å². The molecule has 0 aromatic carbocycles. The summed E-state index contributed by atoms with van der Waals surface area (Å²) in [6, 6.07) is 1.78. The highest BCUT2D eigenvalue weighted by Gasteiger charge is 2.16. The first kappa shape index (κ1) is 12.6. The van der Waals surface area contributed by atoms with Crippen molar-refractivity contribution in [1.29, 1.82) is 0 Å². The molecule has 0 saturated carbocycles. The van der Waals surface area contributed by atoms with Crippen LogP contribution in [0.5, 0.6) is 0 Å². The summed E-state index contributed by atoms with van der Waals surface area (Å²) in [4.78, 5) is 3.87. The third-order valence-corrected chi connectivity index (χ3v) is 3.75. The van der Waals surface area contributed by atoms with Crippen molar-refractivity contribution < 1.29 is 4.21 Å². The van der Waals surface area contributed by atoms with Crippen molar-refractivity contribution in [1.82, 2.24) is 4.98 Å². The van der Waals surface area contributed by atoms with Gasteiger partial charge in [-0.3, -0.25) is 9.19 Å². The van der Waals surface area contributed by atoms with Crippen molar-refractivity contribution in [3.05, 3.63) is 29.0 Å². The Bertz CT molecular complexity index is 363. The Kier molecular flexibility index (Phi) is 4.25. The predicted octanol–water partition coefficient (Wildman–Crippen LogP) is 1.72. The van der Waals surface area contributed by atoms with E-state index in [1.54, 1.807) is 18.5 Å². The molecule has 0 bridgehead atoms. The third-order valence-electron chi connectivity index (χ3n) is 1.71. The molecular weight excluding hydrogens is 232 g/mol. The van der Waals surface area contributed by atoms with Crippen LogP contribution in [0.15, 0.2) is 18.5 Å². The summed E-state index contributed by atoms with van der Waals surface area (Å²) in [5, 5.41) is 0.556. The molecule has 84 valence electrons. The van der Waals surface area contributed by atoms with Crippen LogP contribution in [-0.2, 0) is 16.6 Å². The van der Waals surface area contributed by atoms with Crippen molar-refractivity contribution in [2.24, 2.45) is 5.73 Å². The fraction of sp³-hybridized carbons (Fsp3) is 0.500. The second-order valence-corrected chi connectivity index (χ2v) is 6.05. The maximum absolute atomic E-state index is 11.7. The molecule has 0 spiro atoms. The lowest BCUT2D eigenvalue weighted by Crippen LogP contribution is -2.38. The largest absolute Gasteiger partial charge is 0.325 e. The van der Waals surface area contributed by atoms with Crippen molar-refractivity contribution >= 4 is 22.4 Å². The van der Waals surface area contributed by atoms with E-state index in [0.717, 1.165) is 5.56 Å². The fourth-order valence-electron chi connectivity index (χ4n) is 1.16. The highest BCUT2D eigenvalue weighted by atomic mass is 35.5. The van der Waals surface area contributed by atoms with E-state index in [2.05, 4.69) is 4.98 Å². The first-order valence-electron chi connectivity index (χ1n) is 4.61. The van der Waals surface area contributed by atoms with Gasteiger partial charge >= 0.3 is 0 Å². The molecular formula is C10H15ClN2OS. The van der Waals surface area contributed by atoms with Gasteiger partial charge in [0.2, 0.25) is 0 Å². The minimum atomic E-state index is -0.988. The Morgan fingerprint density at radius 2 is 2.27 bits per heavy atom. The van der Waals surface area contributed by atoms with Crippen molar-refractivity contribution in [2.75, 3.05) is 5.75 Å². The molecule has 15 heavy (non-hydrogen) atoms. The van der Waals surface area contributed by atoms with E-state index in [-0.39, 0.29) is 0 Å². The van der Waals surface area contributed by atoms with Crippen LogP contribution < -0.4 is 5.73 Å². The van der Waals surface area contributed by atoms with Crippen LogP contribution in [0.2, 0.25) is 5.02 Å². The summed E-state index contributed by atoms with van der Waals surface area (Å²) in [5.41, 5.74) is 6.23. The van der Waals surface area contributed by atoms with Gasteiger partial charge in [-0.1, -0.05) is 11.6 Å². The lowest BCUT2D eigenvalue weighted by molar-refractivity contribution is 0.577. The zero-order chi connectivity index (χ0) is 11.5. The first-order chi connectivity index (χ1) is 6.88. The lowest BCUT2D eigenvalue weighted by atomic mass is 10.1. The van der Waals surface area contributed by atoms with E-state index in [4.69, 9.17) is 17.3 Å². The van der Waals surface area contributed by atoms with Gasteiger partial charge in [-0.15, -0.1) is 0 Å². The summed E-state index contributed by atoms with van der Waals surface area (Å²) in [6.07, 6.45) is 3.20. The molecule has 0 aliphatic heterocycles. The molecule has 1 unspecified atom stereocenters. The first-order valence-corrected chi connectivity index (χ1v) is 6.47. The average molecular weight is 247 g/mol. The summed E-state index contributed by atoms with van der Waals surface area (Å²) in [7, 11) is -0.988. The van der Waals surface area contributed by atoms with Crippen molar-refractivity contribution in [3.63, 3.8) is 0 Å². The predicted molar refractivity (Wildman–Crippen MR) is 64.2 cm³/mol. The number of hydrogen-bond donors (Lipinski definition) is 1. The number of nitrogens with two attached hydrogens (primary N) is 1. The number of aromatic nitrogens is 1. The topological polar surface area (TPSA) is 56.0 Å². The van der Waals surface area contributed by atoms with Crippen LogP contribution >= 0.6 is 11.6 Å². The van der Waals surface area contributed by atoms with Gasteiger partial charge in [-0.2, -0.15) is 0 Å². The lowest BCUT2D eigenvalue weighted by Gasteiger charge is -2.17. The number of rotatable bonds is 4. The van der Waals surface area contributed by atoms with E-state index in [9.17, 15) is 4.21 Å². The van der Waals surface area contributed by atoms with Gasteiger partial charge < -0.3 is 5.73 Å². The second-order valence-electron chi connectivity index (χ2n) is 4.18. The molecule has 3 nitrogen and oxygen atoms in total. The molecule has 1 aromatic rings. The Morgan fingerprint density at radius 3 is 2.80 bits per heavy atom. The molecule has 0 fully saturated rings. The number of nitrogens with zero attached hydrogens (tertiary/aromatic N) is 1. The van der Waals surface area contributed by atoms with E-state index < -0.39 is 16.3 Å². The van der Waals surface area contributed by atoms with Gasteiger partial charge in [0.1, 0.15) is 0 Å². The van der Waals surface area contributed by atoms with E-state index >= 15 is 0 Å². The third kappa shape index (κ3) is 4.73. The van der Waals surface area contributed by atoms with E-state index in [1.807, 2.05) is 13.8 Å². The Hall–Kier alpha value is -0.450. The standard InChI is InChI=1S/C10H15ClN2OS/c1-10(2,12)7-15(14)6-8-3-4-13-5-9(8)11/h3-5H,6-7,12H2,1-2H3. The molecule has 1 heterocycles. The number of halogens is 1. The van der Waals surface area contributed by atoms with Crippen LogP contribution in [0.25, 0.3) is 0 Å². The van der Waals surface area contributed by atoms with Gasteiger partial charge in [-0.25, -0.2) is 0 Å². The Balaban J connectivity index is 2.64. The average Bonchev–Trinajstić information content (AvgIpc) is 2.05. The molecule has 5 heteroatoms. The van der Waals surface area contributed by atoms with Gasteiger partial charge in [0, 0.05) is 34.5 Å². The molecule has 0 aliphatic carbocycles. The number of hydrogen-bond acceptors (Lipinski definition) is 3. The fourth-order valence-corrected chi connectivity index (χ4v) is 2.96. The molecule has 1 rings (SSSR count). The quantitative estimate of drug-likeness (QED) is 0.880. The van der Waals surface area contributed by atoms with Gasteiger partial charge in [0.25, 0.3) is 0 Å². The van der Waals surface area contributed by atoms with Crippen LogP contribution in [0.4, 0.5) is 0 Å². The van der Waals surface area contributed by atoms with Crippen molar-refractivity contribution in [2.45, 2.75) is 25.1 Å². The maximum Gasteiger partial charge on any atom is 0.0630 e. The molecule has 0 radical (unpaired) electrons. The SMILES string of the molecule is CC(C)(N)CS(=O)Cc1ccncc1Cl. The van der Waals surface area contributed by atoms with Gasteiger partial charge in [-0.05, 0) is 25.5 Å². The number of pyridine rings is 1. The molecule has 0 amide bonds. The van der Waals surface area contributed by atoms with Crippen LogP contribution in [0, 0.1) is 0 Å². The maximum atomic E-state index is 11.7. The summed E-state index contributed by atoms with van der Waals surface area (Å²) in [6.45, 7) is 3.72. The highest BCUT2D eigenvalue weighted by molar-refractivity contribution is 7.84. The highest BCUT2D eigenvalue weighted by Crippen LogP contribution is 2.16.